The van der Waals surface area contributed by atoms with E-state index < -0.39 is 10.0 Å². The monoisotopic (exact) mass is 298 g/mol. The molecule has 1 atom stereocenters. The molecule has 1 saturated heterocycles. The first-order valence-corrected chi connectivity index (χ1v) is 8.37. The average Bonchev–Trinajstić information content (AvgIpc) is 2.42. The van der Waals surface area contributed by atoms with Crippen LogP contribution in [0.25, 0.3) is 0 Å². The van der Waals surface area contributed by atoms with Gasteiger partial charge in [0.15, 0.2) is 0 Å². The molecule has 0 amide bonds. The number of nitrogens with two attached hydrogens (primary N) is 1. The van der Waals surface area contributed by atoms with Crippen molar-refractivity contribution in [2.75, 3.05) is 18.9 Å². The molecule has 1 fully saturated rings. The summed E-state index contributed by atoms with van der Waals surface area (Å²) in [5.74, 6) is 0. The van der Waals surface area contributed by atoms with E-state index >= 15 is 0 Å². The maximum Gasteiger partial charge on any atom is 0.242 e. The zero-order valence-electron chi connectivity index (χ0n) is 12.0. The van der Waals surface area contributed by atoms with Crippen molar-refractivity contribution in [3.05, 3.63) is 23.3 Å². The molecule has 1 aliphatic heterocycles. The van der Waals surface area contributed by atoms with Gasteiger partial charge in [-0.25, -0.2) is 13.1 Å². The van der Waals surface area contributed by atoms with Crippen LogP contribution in [0, 0.1) is 13.8 Å². The first-order valence-electron chi connectivity index (χ1n) is 6.89. The van der Waals surface area contributed by atoms with E-state index in [1.54, 1.807) is 19.9 Å². The molecule has 1 heterocycles. The van der Waals surface area contributed by atoms with Gasteiger partial charge < -0.3 is 10.5 Å². The number of anilines is 1. The summed E-state index contributed by atoms with van der Waals surface area (Å²) in [4.78, 5) is 0.188. The molecule has 20 heavy (non-hydrogen) atoms. The van der Waals surface area contributed by atoms with Crippen LogP contribution < -0.4 is 10.5 Å². The van der Waals surface area contributed by atoms with Crippen LogP contribution in [0.15, 0.2) is 17.0 Å². The van der Waals surface area contributed by atoms with Crippen molar-refractivity contribution in [1.82, 2.24) is 4.72 Å². The number of hydrogen-bond acceptors (Lipinski definition) is 4. The second kappa shape index (κ2) is 6.11. The lowest BCUT2D eigenvalue weighted by atomic mass is 10.1. The third-order valence-corrected chi connectivity index (χ3v) is 5.28. The van der Waals surface area contributed by atoms with E-state index in [1.165, 1.54) is 0 Å². The van der Waals surface area contributed by atoms with Gasteiger partial charge in [0.05, 0.1) is 11.8 Å². The Morgan fingerprint density at radius 1 is 1.30 bits per heavy atom. The fourth-order valence-corrected chi connectivity index (χ4v) is 3.90. The van der Waals surface area contributed by atoms with E-state index in [0.717, 1.165) is 24.8 Å². The highest BCUT2D eigenvalue weighted by Gasteiger charge is 2.23. The summed E-state index contributed by atoms with van der Waals surface area (Å²) < 4.78 is 33.0. The predicted octanol–water partition coefficient (Wildman–Crippen LogP) is 1.73. The van der Waals surface area contributed by atoms with Crippen molar-refractivity contribution in [1.29, 1.82) is 0 Å². The van der Waals surface area contributed by atoms with Gasteiger partial charge in [0.1, 0.15) is 4.90 Å². The van der Waals surface area contributed by atoms with Gasteiger partial charge in [-0.05, 0) is 44.2 Å². The van der Waals surface area contributed by atoms with Crippen LogP contribution in [-0.2, 0) is 14.8 Å². The number of rotatable bonds is 4. The van der Waals surface area contributed by atoms with Gasteiger partial charge in [-0.3, -0.25) is 0 Å². The summed E-state index contributed by atoms with van der Waals surface area (Å²) in [6.45, 7) is 4.56. The molecule has 5 nitrogen and oxygen atoms in total. The van der Waals surface area contributed by atoms with E-state index in [-0.39, 0.29) is 11.0 Å². The number of ether oxygens (including phenoxy) is 1. The number of benzene rings is 1. The Bertz CT molecular complexity index is 578. The van der Waals surface area contributed by atoms with Gasteiger partial charge in [0.25, 0.3) is 0 Å². The fourth-order valence-electron chi connectivity index (χ4n) is 2.41. The summed E-state index contributed by atoms with van der Waals surface area (Å²) in [6.07, 6.45) is 2.99. The molecule has 1 aromatic rings. The van der Waals surface area contributed by atoms with Crippen molar-refractivity contribution in [2.45, 2.75) is 44.1 Å². The maximum atomic E-state index is 12.4. The number of hydrogen-bond donors (Lipinski definition) is 2. The van der Waals surface area contributed by atoms with Crippen LogP contribution in [0.5, 0.6) is 0 Å². The van der Waals surface area contributed by atoms with E-state index in [4.69, 9.17) is 10.5 Å². The van der Waals surface area contributed by atoms with Crippen LogP contribution in [0.4, 0.5) is 5.69 Å². The molecule has 0 aromatic heterocycles. The molecule has 0 bridgehead atoms. The Kier molecular flexibility index (Phi) is 4.67. The molecule has 0 aliphatic carbocycles. The molecule has 0 spiro atoms. The van der Waals surface area contributed by atoms with Crippen molar-refractivity contribution in [3.8, 4) is 0 Å². The largest absolute Gasteiger partial charge is 0.397 e. The Morgan fingerprint density at radius 3 is 2.65 bits per heavy atom. The van der Waals surface area contributed by atoms with Crippen LogP contribution >= 0.6 is 0 Å². The lowest BCUT2D eigenvalue weighted by Gasteiger charge is -2.23. The standard InChI is InChI=1S/C14H22N2O3S/c1-10-6-7-11(2)14(13(10)15)20(17,18)16-9-12-5-3-4-8-19-12/h6-7,12,16H,3-5,8-9,15H2,1-2H3. The summed E-state index contributed by atoms with van der Waals surface area (Å²) in [6, 6.07) is 3.60. The highest BCUT2D eigenvalue weighted by molar-refractivity contribution is 7.89. The van der Waals surface area contributed by atoms with E-state index in [0.29, 0.717) is 24.4 Å². The Morgan fingerprint density at radius 2 is 2.00 bits per heavy atom. The molecule has 1 aromatic carbocycles. The number of aryl methyl sites for hydroxylation is 2. The summed E-state index contributed by atoms with van der Waals surface area (Å²) >= 11 is 0. The van der Waals surface area contributed by atoms with E-state index in [1.807, 2.05) is 6.07 Å². The minimum absolute atomic E-state index is 0.0372. The third kappa shape index (κ3) is 3.31. The lowest BCUT2D eigenvalue weighted by molar-refractivity contribution is 0.0200. The second-order valence-electron chi connectivity index (χ2n) is 5.28. The van der Waals surface area contributed by atoms with Crippen LogP contribution in [0.3, 0.4) is 0 Å². The summed E-state index contributed by atoms with van der Waals surface area (Å²) in [7, 11) is -3.60. The third-order valence-electron chi connectivity index (χ3n) is 3.65. The van der Waals surface area contributed by atoms with Crippen molar-refractivity contribution < 1.29 is 13.2 Å². The Balaban J connectivity index is 2.16. The minimum Gasteiger partial charge on any atom is -0.397 e. The molecular weight excluding hydrogens is 276 g/mol. The Labute approximate surface area is 120 Å². The molecule has 1 aliphatic rings. The summed E-state index contributed by atoms with van der Waals surface area (Å²) in [5.41, 5.74) is 7.68. The van der Waals surface area contributed by atoms with Crippen LogP contribution in [0.2, 0.25) is 0 Å². The van der Waals surface area contributed by atoms with E-state index in [2.05, 4.69) is 4.72 Å². The second-order valence-corrected chi connectivity index (χ2v) is 6.99. The van der Waals surface area contributed by atoms with Crippen molar-refractivity contribution in [3.63, 3.8) is 0 Å². The smallest absolute Gasteiger partial charge is 0.242 e. The molecule has 3 N–H and O–H groups in total. The molecule has 0 radical (unpaired) electrons. The van der Waals surface area contributed by atoms with Gasteiger partial charge in [0, 0.05) is 13.2 Å². The highest BCUT2D eigenvalue weighted by atomic mass is 32.2. The van der Waals surface area contributed by atoms with Crippen molar-refractivity contribution >= 4 is 15.7 Å². The van der Waals surface area contributed by atoms with Crippen LogP contribution in [-0.4, -0.2) is 27.7 Å². The fraction of sp³-hybridized carbons (Fsp3) is 0.571. The quantitative estimate of drug-likeness (QED) is 0.830. The highest BCUT2D eigenvalue weighted by Crippen LogP contribution is 2.25. The average molecular weight is 298 g/mol. The lowest BCUT2D eigenvalue weighted by Crippen LogP contribution is -2.36. The summed E-state index contributed by atoms with van der Waals surface area (Å²) in [5, 5.41) is 0. The van der Waals surface area contributed by atoms with E-state index in [9.17, 15) is 8.42 Å². The molecule has 1 unspecified atom stereocenters. The molecular formula is C14H22N2O3S. The minimum atomic E-state index is -3.60. The maximum absolute atomic E-state index is 12.4. The normalized spacial score (nSPS) is 20.0. The molecule has 2 rings (SSSR count). The Hall–Kier alpha value is -1.11. The van der Waals surface area contributed by atoms with Gasteiger partial charge >= 0.3 is 0 Å². The molecule has 6 heteroatoms. The number of nitrogens with one attached hydrogen (secondary N) is 1. The topological polar surface area (TPSA) is 81.4 Å². The van der Waals surface area contributed by atoms with Crippen molar-refractivity contribution in [2.24, 2.45) is 0 Å². The number of nitrogen functional groups attached to an aromatic ring is 1. The molecule has 0 saturated carbocycles. The zero-order chi connectivity index (χ0) is 14.8. The van der Waals surface area contributed by atoms with Gasteiger partial charge in [-0.15, -0.1) is 0 Å². The van der Waals surface area contributed by atoms with Gasteiger partial charge in [-0.1, -0.05) is 12.1 Å². The predicted molar refractivity (Wildman–Crippen MR) is 79.1 cm³/mol. The molecule has 112 valence electrons. The first kappa shape index (κ1) is 15.3. The van der Waals surface area contributed by atoms with Gasteiger partial charge in [0.2, 0.25) is 10.0 Å². The number of sulfonamides is 1. The SMILES string of the molecule is Cc1ccc(C)c(S(=O)(=O)NCC2CCCCO2)c1N. The van der Waals surface area contributed by atoms with Gasteiger partial charge in [-0.2, -0.15) is 0 Å². The first-order chi connectivity index (χ1) is 9.42. The van der Waals surface area contributed by atoms with Crippen LogP contribution in [0.1, 0.15) is 30.4 Å². The zero-order valence-corrected chi connectivity index (χ0v) is 12.8.